The highest BCUT2D eigenvalue weighted by Gasteiger charge is 2.42. The first kappa shape index (κ1) is 22.2. The third kappa shape index (κ3) is 3.25. The summed E-state index contributed by atoms with van der Waals surface area (Å²) in [6.07, 6.45) is 0.139. The van der Waals surface area contributed by atoms with Crippen LogP contribution in [0.4, 0.5) is 11.5 Å². The third-order valence-corrected chi connectivity index (χ3v) is 6.33. The van der Waals surface area contributed by atoms with Crippen molar-refractivity contribution >= 4 is 28.9 Å². The lowest BCUT2D eigenvalue weighted by atomic mass is 9.81. The number of fused-ring (bicyclic) bond motifs is 4. The van der Waals surface area contributed by atoms with Crippen molar-refractivity contribution in [3.05, 3.63) is 107 Å². The summed E-state index contributed by atoms with van der Waals surface area (Å²) in [5.74, 6) is -0.754. The second kappa shape index (κ2) is 8.01. The number of nitro benzene ring substituents is 1. The molecule has 0 saturated heterocycles. The summed E-state index contributed by atoms with van der Waals surface area (Å²) in [6.45, 7) is 1.68. The molecule has 2 heterocycles. The molecular formula is C25H20N4O6. The van der Waals surface area contributed by atoms with Gasteiger partial charge in [0.1, 0.15) is 11.6 Å². The Kier molecular flexibility index (Phi) is 5.08. The van der Waals surface area contributed by atoms with Gasteiger partial charge in [-0.1, -0.05) is 43.3 Å². The summed E-state index contributed by atoms with van der Waals surface area (Å²) in [6, 6.07) is 13.1. The molecule has 0 fully saturated rings. The maximum absolute atomic E-state index is 13.4. The van der Waals surface area contributed by atoms with Crippen LogP contribution in [0.1, 0.15) is 41.5 Å². The van der Waals surface area contributed by atoms with Crippen LogP contribution in [0.2, 0.25) is 0 Å². The monoisotopic (exact) mass is 472 g/mol. The number of hydrogen-bond acceptors (Lipinski definition) is 7. The minimum absolute atomic E-state index is 0.103. The zero-order chi connectivity index (χ0) is 25.0. The van der Waals surface area contributed by atoms with Crippen molar-refractivity contribution in [3.63, 3.8) is 0 Å². The lowest BCUT2D eigenvalue weighted by Crippen LogP contribution is -2.41. The number of hydrogen-bond donors (Lipinski definition) is 0. The van der Waals surface area contributed by atoms with Crippen LogP contribution in [0.25, 0.3) is 5.76 Å². The average Bonchev–Trinajstić information content (AvgIpc) is 3.18. The first-order valence-corrected chi connectivity index (χ1v) is 10.9. The number of carbonyl (C=O) groups excluding carboxylic acids is 1. The normalized spacial score (nSPS) is 15.7. The summed E-state index contributed by atoms with van der Waals surface area (Å²) in [5.41, 5.74) is 1.94. The van der Waals surface area contributed by atoms with E-state index in [1.54, 1.807) is 31.2 Å². The van der Waals surface area contributed by atoms with E-state index >= 15 is 0 Å². The zero-order valence-electron chi connectivity index (χ0n) is 19.1. The Balaban J connectivity index is 1.90. The number of nitrogens with zero attached hydrogens (tertiary/aromatic N) is 4. The van der Waals surface area contributed by atoms with Gasteiger partial charge in [0.25, 0.3) is 11.2 Å². The fourth-order valence-electron chi connectivity index (χ4n) is 4.59. The molecule has 0 bridgehead atoms. The summed E-state index contributed by atoms with van der Waals surface area (Å²) in [7, 11) is 2.91. The van der Waals surface area contributed by atoms with Crippen LogP contribution < -0.4 is 11.2 Å². The molecular weight excluding hydrogens is 452 g/mol. The molecule has 0 saturated carbocycles. The summed E-state index contributed by atoms with van der Waals surface area (Å²) >= 11 is 0. The molecule has 1 aromatic heterocycles. The number of nitro groups is 1. The highest BCUT2D eigenvalue weighted by Crippen LogP contribution is 2.49. The van der Waals surface area contributed by atoms with Crippen molar-refractivity contribution in [2.24, 2.45) is 19.1 Å². The quantitative estimate of drug-likeness (QED) is 0.327. The largest absolute Gasteiger partial charge is 0.425 e. The topological polar surface area (TPSA) is 126 Å². The number of rotatable bonds is 4. The SMILES string of the molecule is CCC(=O)OC1=C2C(=Nc3c(c(=O)n(C)c(=O)n3C)[C@@H]2c2ccc([N+](=O)[O-])cc2)c2ccccc21. The number of ether oxygens (including phenoxy) is 1. The molecule has 2 aliphatic rings. The van der Waals surface area contributed by atoms with E-state index in [9.17, 15) is 24.5 Å². The maximum atomic E-state index is 13.4. The van der Waals surface area contributed by atoms with E-state index in [1.165, 1.54) is 30.8 Å². The molecule has 1 aliphatic heterocycles. The number of allylic oxidation sites excluding steroid dienone is 1. The molecule has 35 heavy (non-hydrogen) atoms. The molecule has 1 atom stereocenters. The number of non-ortho nitro benzene ring substituents is 1. The van der Waals surface area contributed by atoms with Crippen LogP contribution in [-0.2, 0) is 23.6 Å². The standard InChI is InChI=1S/C25H20N4O6/c1-4-17(30)35-22-16-8-6-5-7-15(16)21-19(22)18(13-9-11-14(12-10-13)29(33)34)20-23(26-21)27(2)25(32)28(3)24(20)31/h5-12,18H,4H2,1-3H3/t18-/m1/s1. The zero-order valence-corrected chi connectivity index (χ0v) is 19.1. The predicted octanol–water partition coefficient (Wildman–Crippen LogP) is 2.94. The molecule has 10 nitrogen and oxygen atoms in total. The van der Waals surface area contributed by atoms with Gasteiger partial charge in [-0.05, 0) is 5.56 Å². The third-order valence-electron chi connectivity index (χ3n) is 6.33. The molecule has 1 aliphatic carbocycles. The van der Waals surface area contributed by atoms with E-state index in [2.05, 4.69) is 0 Å². The molecule has 0 radical (unpaired) electrons. The van der Waals surface area contributed by atoms with Gasteiger partial charge in [0.05, 0.1) is 16.2 Å². The van der Waals surface area contributed by atoms with E-state index in [4.69, 9.17) is 9.73 Å². The van der Waals surface area contributed by atoms with Crippen LogP contribution in [0.3, 0.4) is 0 Å². The molecule has 3 aromatic rings. The van der Waals surface area contributed by atoms with E-state index in [1.807, 2.05) is 12.1 Å². The Bertz CT molecular complexity index is 1610. The molecule has 0 unspecified atom stereocenters. The molecule has 0 spiro atoms. The Hall–Kier alpha value is -4.60. The van der Waals surface area contributed by atoms with E-state index in [0.29, 0.717) is 28.0 Å². The molecule has 176 valence electrons. The van der Waals surface area contributed by atoms with Crippen LogP contribution in [0, 0.1) is 10.1 Å². The predicted molar refractivity (Wildman–Crippen MR) is 128 cm³/mol. The van der Waals surface area contributed by atoms with E-state index < -0.39 is 28.1 Å². The van der Waals surface area contributed by atoms with Crippen LogP contribution in [0.5, 0.6) is 0 Å². The lowest BCUT2D eigenvalue weighted by Gasteiger charge is -2.27. The fraction of sp³-hybridized carbons (Fsp3) is 0.200. The highest BCUT2D eigenvalue weighted by molar-refractivity contribution is 6.25. The smallest absolute Gasteiger partial charge is 0.332 e. The Labute approximate surface area is 198 Å². The van der Waals surface area contributed by atoms with Crippen molar-refractivity contribution in [2.75, 3.05) is 0 Å². The van der Waals surface area contributed by atoms with Crippen LogP contribution in [-0.4, -0.2) is 25.7 Å². The van der Waals surface area contributed by atoms with Gasteiger partial charge in [0, 0.05) is 55.3 Å². The van der Waals surface area contributed by atoms with Crippen molar-refractivity contribution in [2.45, 2.75) is 19.3 Å². The first-order valence-electron chi connectivity index (χ1n) is 10.9. The van der Waals surface area contributed by atoms with Crippen LogP contribution >= 0.6 is 0 Å². The molecule has 0 amide bonds. The minimum atomic E-state index is -0.782. The molecule has 0 N–H and O–H groups in total. The summed E-state index contributed by atoms with van der Waals surface area (Å²) in [4.78, 5) is 54.0. The van der Waals surface area contributed by atoms with Crippen molar-refractivity contribution in [1.29, 1.82) is 0 Å². The second-order valence-corrected chi connectivity index (χ2v) is 8.30. The van der Waals surface area contributed by atoms with Crippen molar-refractivity contribution in [1.82, 2.24) is 9.13 Å². The van der Waals surface area contributed by atoms with Crippen molar-refractivity contribution < 1.29 is 14.5 Å². The lowest BCUT2D eigenvalue weighted by molar-refractivity contribution is -0.384. The Morgan fingerprint density at radius 3 is 2.34 bits per heavy atom. The summed E-state index contributed by atoms with van der Waals surface area (Å²) in [5, 5.41) is 11.2. The summed E-state index contributed by atoms with van der Waals surface area (Å²) < 4.78 is 8.08. The number of aromatic nitrogens is 2. The van der Waals surface area contributed by atoms with Gasteiger partial charge in [-0.25, -0.2) is 9.79 Å². The fourth-order valence-corrected chi connectivity index (χ4v) is 4.59. The van der Waals surface area contributed by atoms with Gasteiger partial charge in [0.15, 0.2) is 0 Å². The minimum Gasteiger partial charge on any atom is -0.425 e. The van der Waals surface area contributed by atoms with Gasteiger partial charge in [-0.2, -0.15) is 0 Å². The van der Waals surface area contributed by atoms with Crippen LogP contribution in [0.15, 0.2) is 68.7 Å². The van der Waals surface area contributed by atoms with Gasteiger partial charge < -0.3 is 4.74 Å². The second-order valence-electron chi connectivity index (χ2n) is 8.30. The molecule has 10 heteroatoms. The number of carbonyl (C=O) groups is 1. The van der Waals surface area contributed by atoms with Crippen molar-refractivity contribution in [3.8, 4) is 0 Å². The highest BCUT2D eigenvalue weighted by atomic mass is 16.6. The van der Waals surface area contributed by atoms with E-state index in [-0.39, 0.29) is 29.2 Å². The average molecular weight is 472 g/mol. The number of benzene rings is 2. The molecule has 5 rings (SSSR count). The first-order chi connectivity index (χ1) is 16.7. The van der Waals surface area contributed by atoms with Gasteiger partial charge >= 0.3 is 11.7 Å². The van der Waals surface area contributed by atoms with Gasteiger partial charge in [-0.15, -0.1) is 0 Å². The van der Waals surface area contributed by atoms with Gasteiger partial charge in [0.2, 0.25) is 0 Å². The van der Waals surface area contributed by atoms with E-state index in [0.717, 1.165) is 4.57 Å². The number of esters is 1. The van der Waals surface area contributed by atoms with Gasteiger partial charge in [-0.3, -0.25) is 28.8 Å². The Morgan fingerprint density at radius 1 is 1.06 bits per heavy atom. The number of aliphatic imine (C=N–C) groups is 1. The maximum Gasteiger partial charge on any atom is 0.332 e. The Morgan fingerprint density at radius 2 is 1.71 bits per heavy atom. The molecule has 2 aromatic carbocycles.